The molecular weight excluding hydrogens is 408 g/mol. The maximum atomic E-state index is 12.9. The SMILES string of the molecule is Cc1ccc(C2=CC=C(N3CCN(CC(=O)N4CCN(C5CCC5)CC4)CC3)CC2C)cc1. The van der Waals surface area contributed by atoms with Crippen LogP contribution < -0.4 is 0 Å². The Bertz CT molecular complexity index is 885. The van der Waals surface area contributed by atoms with Gasteiger partial charge in [-0.1, -0.05) is 49.2 Å². The van der Waals surface area contributed by atoms with E-state index in [0.717, 1.165) is 64.8 Å². The Hall–Kier alpha value is -2.11. The van der Waals surface area contributed by atoms with Crippen LogP contribution in [0.3, 0.4) is 0 Å². The number of hydrogen-bond acceptors (Lipinski definition) is 4. The number of hydrogen-bond donors (Lipinski definition) is 0. The summed E-state index contributed by atoms with van der Waals surface area (Å²) in [5, 5.41) is 0. The van der Waals surface area contributed by atoms with E-state index < -0.39 is 0 Å². The van der Waals surface area contributed by atoms with Gasteiger partial charge in [0.2, 0.25) is 5.91 Å². The number of benzene rings is 1. The van der Waals surface area contributed by atoms with Crippen molar-refractivity contribution in [1.82, 2.24) is 19.6 Å². The van der Waals surface area contributed by atoms with Gasteiger partial charge in [-0.25, -0.2) is 0 Å². The van der Waals surface area contributed by atoms with Crippen LogP contribution in [0.2, 0.25) is 0 Å². The first-order valence-electron chi connectivity index (χ1n) is 13.0. The molecule has 1 aromatic carbocycles. The van der Waals surface area contributed by atoms with Crippen LogP contribution >= 0.6 is 0 Å². The largest absolute Gasteiger partial charge is 0.372 e. The average Bonchev–Trinajstić information content (AvgIpc) is 2.80. The van der Waals surface area contributed by atoms with E-state index in [0.29, 0.717) is 18.4 Å². The van der Waals surface area contributed by atoms with Crippen molar-refractivity contribution in [3.05, 3.63) is 53.2 Å². The zero-order chi connectivity index (χ0) is 22.8. The number of aryl methyl sites for hydroxylation is 1. The topological polar surface area (TPSA) is 30.0 Å². The van der Waals surface area contributed by atoms with E-state index in [1.54, 1.807) is 0 Å². The molecule has 2 aliphatic heterocycles. The van der Waals surface area contributed by atoms with Crippen LogP contribution in [-0.2, 0) is 4.79 Å². The molecular formula is C28H40N4O. The van der Waals surface area contributed by atoms with E-state index in [2.05, 4.69) is 69.9 Å². The van der Waals surface area contributed by atoms with Crippen molar-refractivity contribution >= 4 is 11.5 Å². The Balaban J connectivity index is 1.09. The summed E-state index contributed by atoms with van der Waals surface area (Å²) in [5.74, 6) is 0.860. The summed E-state index contributed by atoms with van der Waals surface area (Å²) in [6.07, 6.45) is 9.86. The number of piperazine rings is 2. The highest BCUT2D eigenvalue weighted by Gasteiger charge is 2.30. The molecule has 0 bridgehead atoms. The zero-order valence-corrected chi connectivity index (χ0v) is 20.5. The van der Waals surface area contributed by atoms with Crippen molar-refractivity contribution in [2.24, 2.45) is 5.92 Å². The van der Waals surface area contributed by atoms with Gasteiger partial charge in [-0.15, -0.1) is 0 Å². The van der Waals surface area contributed by atoms with Crippen molar-refractivity contribution in [1.29, 1.82) is 0 Å². The third-order valence-electron chi connectivity index (χ3n) is 8.28. The van der Waals surface area contributed by atoms with Gasteiger partial charge in [-0.2, -0.15) is 0 Å². The van der Waals surface area contributed by atoms with Crippen molar-refractivity contribution in [3.8, 4) is 0 Å². The maximum absolute atomic E-state index is 12.9. The highest BCUT2D eigenvalue weighted by Crippen LogP contribution is 2.34. The molecule has 3 fully saturated rings. The fraction of sp³-hybridized carbons (Fsp3) is 0.607. The molecule has 4 aliphatic rings. The number of amides is 1. The Kier molecular flexibility index (Phi) is 6.89. The van der Waals surface area contributed by atoms with E-state index in [1.807, 2.05) is 0 Å². The van der Waals surface area contributed by atoms with Crippen LogP contribution in [-0.4, -0.2) is 90.5 Å². The lowest BCUT2D eigenvalue weighted by Gasteiger charge is -2.43. The van der Waals surface area contributed by atoms with Crippen molar-refractivity contribution < 1.29 is 4.79 Å². The molecule has 0 aromatic heterocycles. The number of allylic oxidation sites excluding steroid dienone is 4. The van der Waals surface area contributed by atoms with E-state index in [4.69, 9.17) is 0 Å². The quantitative estimate of drug-likeness (QED) is 0.688. The van der Waals surface area contributed by atoms with Gasteiger partial charge in [-0.3, -0.25) is 14.6 Å². The summed E-state index contributed by atoms with van der Waals surface area (Å²) < 4.78 is 0. The van der Waals surface area contributed by atoms with Gasteiger partial charge in [0, 0.05) is 64.1 Å². The molecule has 1 saturated carbocycles. The van der Waals surface area contributed by atoms with Crippen molar-refractivity contribution in [2.45, 2.75) is 45.6 Å². The second-order valence-corrected chi connectivity index (χ2v) is 10.5. The summed E-state index contributed by atoms with van der Waals surface area (Å²) in [5.41, 5.74) is 5.56. The summed E-state index contributed by atoms with van der Waals surface area (Å²) in [4.78, 5) is 22.5. The second kappa shape index (κ2) is 10.0. The van der Waals surface area contributed by atoms with Gasteiger partial charge < -0.3 is 9.80 Å². The minimum absolute atomic E-state index is 0.327. The third kappa shape index (κ3) is 5.20. The molecule has 2 aliphatic carbocycles. The minimum Gasteiger partial charge on any atom is -0.372 e. The molecule has 0 radical (unpaired) electrons. The average molecular weight is 449 g/mol. The number of nitrogens with zero attached hydrogens (tertiary/aromatic N) is 4. The van der Waals surface area contributed by atoms with Crippen LogP contribution in [0.4, 0.5) is 0 Å². The molecule has 178 valence electrons. The van der Waals surface area contributed by atoms with E-state index >= 15 is 0 Å². The summed E-state index contributed by atoms with van der Waals surface area (Å²) >= 11 is 0. The molecule has 1 aromatic rings. The molecule has 2 heterocycles. The Labute approximate surface area is 199 Å². The van der Waals surface area contributed by atoms with Crippen LogP contribution in [0.1, 0.15) is 43.7 Å². The highest BCUT2D eigenvalue weighted by molar-refractivity contribution is 5.78. The number of carbonyl (C=O) groups is 1. The van der Waals surface area contributed by atoms with Gasteiger partial charge in [0.05, 0.1) is 6.54 Å². The van der Waals surface area contributed by atoms with Gasteiger partial charge in [-0.05, 0) is 49.3 Å². The maximum Gasteiger partial charge on any atom is 0.236 e. The molecule has 0 spiro atoms. The molecule has 33 heavy (non-hydrogen) atoms. The first-order chi connectivity index (χ1) is 16.1. The van der Waals surface area contributed by atoms with Crippen LogP contribution in [0, 0.1) is 12.8 Å². The molecule has 1 unspecified atom stereocenters. The molecule has 2 saturated heterocycles. The smallest absolute Gasteiger partial charge is 0.236 e. The first-order valence-corrected chi connectivity index (χ1v) is 13.0. The normalized spacial score (nSPS) is 25.5. The van der Waals surface area contributed by atoms with Crippen LogP contribution in [0.5, 0.6) is 0 Å². The predicted molar refractivity (Wildman–Crippen MR) is 135 cm³/mol. The van der Waals surface area contributed by atoms with E-state index in [9.17, 15) is 4.79 Å². The second-order valence-electron chi connectivity index (χ2n) is 10.5. The van der Waals surface area contributed by atoms with Gasteiger partial charge in [0.1, 0.15) is 0 Å². The molecule has 1 amide bonds. The molecule has 5 rings (SSSR count). The molecule has 5 heteroatoms. The standard InChI is InChI=1S/C28H40N4O/c1-22-6-8-24(9-7-22)27-11-10-26(20-23(27)2)31-14-12-29(13-15-31)21-28(33)32-18-16-30(17-19-32)25-4-3-5-25/h6-11,23,25H,3-5,12-21H2,1-2H3. The lowest BCUT2D eigenvalue weighted by molar-refractivity contribution is -0.135. The van der Waals surface area contributed by atoms with E-state index in [1.165, 1.54) is 41.7 Å². The highest BCUT2D eigenvalue weighted by atomic mass is 16.2. The Morgan fingerprint density at radius 3 is 2.21 bits per heavy atom. The van der Waals surface area contributed by atoms with Crippen LogP contribution in [0.15, 0.2) is 42.1 Å². The van der Waals surface area contributed by atoms with Gasteiger partial charge in [0.15, 0.2) is 0 Å². The lowest BCUT2D eigenvalue weighted by atomic mass is 9.86. The van der Waals surface area contributed by atoms with Gasteiger partial charge in [0.25, 0.3) is 0 Å². The Morgan fingerprint density at radius 2 is 1.61 bits per heavy atom. The number of rotatable bonds is 5. The van der Waals surface area contributed by atoms with Crippen LogP contribution in [0.25, 0.3) is 5.57 Å². The van der Waals surface area contributed by atoms with Crippen molar-refractivity contribution in [2.75, 3.05) is 58.9 Å². The summed E-state index contributed by atoms with van der Waals surface area (Å²) in [7, 11) is 0. The number of carbonyl (C=O) groups excluding carboxylic acids is 1. The fourth-order valence-corrected chi connectivity index (χ4v) is 5.78. The first kappa shape index (κ1) is 22.7. The van der Waals surface area contributed by atoms with Crippen molar-refractivity contribution in [3.63, 3.8) is 0 Å². The summed E-state index contributed by atoms with van der Waals surface area (Å²) in [6.45, 7) is 13.0. The lowest BCUT2D eigenvalue weighted by Crippen LogP contribution is -2.56. The fourth-order valence-electron chi connectivity index (χ4n) is 5.78. The molecule has 1 atom stereocenters. The summed E-state index contributed by atoms with van der Waals surface area (Å²) in [6, 6.07) is 9.71. The molecule has 0 N–H and O–H groups in total. The zero-order valence-electron chi connectivity index (χ0n) is 20.5. The molecule has 5 nitrogen and oxygen atoms in total. The van der Waals surface area contributed by atoms with E-state index in [-0.39, 0.29) is 0 Å². The monoisotopic (exact) mass is 448 g/mol. The third-order valence-corrected chi connectivity index (χ3v) is 8.28. The predicted octanol–water partition coefficient (Wildman–Crippen LogP) is 3.62. The van der Waals surface area contributed by atoms with Gasteiger partial charge >= 0.3 is 0 Å². The Morgan fingerprint density at radius 1 is 0.909 bits per heavy atom. The minimum atomic E-state index is 0.327.